The maximum atomic E-state index is 13.8. The second kappa shape index (κ2) is 11.9. The largest absolute Gasteiger partial charge is 0.480 e. The number of piperidine rings is 1. The van der Waals surface area contributed by atoms with Gasteiger partial charge in [0.25, 0.3) is 0 Å². The summed E-state index contributed by atoms with van der Waals surface area (Å²) in [5.74, 6) is 0.807. The molecule has 3 heterocycles. The molecule has 0 bridgehead atoms. The number of hydrogen-bond acceptors (Lipinski definition) is 7. The molecule has 2 aliphatic rings. The summed E-state index contributed by atoms with van der Waals surface area (Å²) in [6, 6.07) is 16.5. The summed E-state index contributed by atoms with van der Waals surface area (Å²) in [7, 11) is 3.23. The van der Waals surface area contributed by atoms with Crippen LogP contribution in [0, 0.1) is 11.7 Å². The molecule has 2 fully saturated rings. The Bertz CT molecular complexity index is 1370. The first-order valence-electron chi connectivity index (χ1n) is 13.6. The van der Waals surface area contributed by atoms with E-state index in [2.05, 4.69) is 15.1 Å². The van der Waals surface area contributed by atoms with Crippen molar-refractivity contribution in [3.8, 4) is 11.6 Å². The van der Waals surface area contributed by atoms with Gasteiger partial charge in [-0.2, -0.15) is 0 Å². The molecule has 216 valence electrons. The lowest BCUT2D eigenvalue weighted by Crippen LogP contribution is -2.53. The number of amides is 2. The number of methoxy groups -OCH3 is 1. The van der Waals surface area contributed by atoms with Crippen molar-refractivity contribution in [2.24, 2.45) is 5.92 Å². The van der Waals surface area contributed by atoms with Crippen molar-refractivity contribution in [2.75, 3.05) is 45.2 Å². The molecular weight excluding hydrogens is 549 g/mol. The molecule has 0 saturated carbocycles. The van der Waals surface area contributed by atoms with Gasteiger partial charge in [-0.1, -0.05) is 23.7 Å². The Morgan fingerprint density at radius 1 is 1.02 bits per heavy atom. The van der Waals surface area contributed by atoms with Gasteiger partial charge in [0.2, 0.25) is 11.8 Å². The predicted octanol–water partition coefficient (Wildman–Crippen LogP) is 5.01. The van der Waals surface area contributed by atoms with Crippen molar-refractivity contribution in [2.45, 2.75) is 31.2 Å². The Hall–Kier alpha value is -3.92. The van der Waals surface area contributed by atoms with Gasteiger partial charge in [0.15, 0.2) is 5.82 Å². The molecule has 9 nitrogen and oxygen atoms in total. The molecule has 0 N–H and O–H groups in total. The fourth-order valence-corrected chi connectivity index (χ4v) is 5.86. The predicted molar refractivity (Wildman–Crippen MR) is 153 cm³/mol. The third-order valence-electron chi connectivity index (χ3n) is 8.31. The third kappa shape index (κ3) is 6.07. The minimum atomic E-state index is -0.764. The van der Waals surface area contributed by atoms with E-state index in [0.29, 0.717) is 49.9 Å². The number of likely N-dealkylation sites (N-methyl/N-ethyl adjacent to an activating group) is 1. The number of anilines is 1. The highest BCUT2D eigenvalue weighted by Gasteiger charge is 2.51. The molecule has 0 aliphatic carbocycles. The Morgan fingerprint density at radius 2 is 1.71 bits per heavy atom. The van der Waals surface area contributed by atoms with Crippen LogP contribution in [0.3, 0.4) is 0 Å². The standard InChI is InChI=1S/C30H33ClFN5O4/c1-30(35(2)29(39)41-24-10-8-23(32)9-11-24)19-37(18-25(30)20-4-6-22(31)7-5-20)28(38)21-14-16-36(17-15-21)26-12-13-27(40-3)34-33-26/h4-13,21,25H,14-19H2,1-3H3/t25-,30+/m1/s1. The molecule has 5 rings (SSSR count). The van der Waals surface area contributed by atoms with Gasteiger partial charge in [0.1, 0.15) is 11.6 Å². The molecule has 11 heteroatoms. The van der Waals surface area contributed by atoms with Gasteiger partial charge < -0.3 is 24.2 Å². The maximum absolute atomic E-state index is 13.8. The molecule has 1 aromatic heterocycles. The smallest absolute Gasteiger partial charge is 0.415 e. The normalized spacial score (nSPS) is 21.0. The second-order valence-corrected chi connectivity index (χ2v) is 11.2. The number of hydrogen-bond donors (Lipinski definition) is 0. The number of likely N-dealkylation sites (tertiary alicyclic amines) is 1. The Kier molecular flexibility index (Phi) is 8.30. The highest BCUT2D eigenvalue weighted by atomic mass is 35.5. The molecule has 0 unspecified atom stereocenters. The number of carbonyl (C=O) groups excluding carboxylic acids is 2. The zero-order chi connectivity index (χ0) is 29.1. The number of ether oxygens (including phenoxy) is 2. The summed E-state index contributed by atoms with van der Waals surface area (Å²) in [6.07, 6.45) is 0.794. The number of nitrogens with zero attached hydrogens (tertiary/aromatic N) is 5. The van der Waals surface area contributed by atoms with Crippen LogP contribution in [0.2, 0.25) is 5.02 Å². The van der Waals surface area contributed by atoms with Gasteiger partial charge in [-0.25, -0.2) is 9.18 Å². The van der Waals surface area contributed by atoms with Gasteiger partial charge in [0.05, 0.1) is 12.6 Å². The zero-order valence-electron chi connectivity index (χ0n) is 23.3. The van der Waals surface area contributed by atoms with Crippen molar-refractivity contribution >= 4 is 29.4 Å². The topological polar surface area (TPSA) is 88.1 Å². The van der Waals surface area contributed by atoms with E-state index in [1.54, 1.807) is 25.1 Å². The van der Waals surface area contributed by atoms with E-state index < -0.39 is 17.4 Å². The van der Waals surface area contributed by atoms with Crippen LogP contribution in [0.4, 0.5) is 15.0 Å². The lowest BCUT2D eigenvalue weighted by molar-refractivity contribution is -0.135. The van der Waals surface area contributed by atoms with E-state index in [-0.39, 0.29) is 23.5 Å². The van der Waals surface area contributed by atoms with Crippen LogP contribution < -0.4 is 14.4 Å². The first-order valence-corrected chi connectivity index (χ1v) is 13.9. The highest BCUT2D eigenvalue weighted by molar-refractivity contribution is 6.30. The van der Waals surface area contributed by atoms with Gasteiger partial charge >= 0.3 is 6.09 Å². The van der Waals surface area contributed by atoms with Crippen LogP contribution in [0.5, 0.6) is 11.6 Å². The van der Waals surface area contributed by atoms with Crippen LogP contribution in [-0.2, 0) is 4.79 Å². The number of rotatable bonds is 6. The van der Waals surface area contributed by atoms with E-state index in [1.807, 2.05) is 42.2 Å². The summed E-state index contributed by atoms with van der Waals surface area (Å²) in [4.78, 5) is 32.6. The third-order valence-corrected chi connectivity index (χ3v) is 8.56. The Morgan fingerprint density at radius 3 is 2.32 bits per heavy atom. The van der Waals surface area contributed by atoms with Crippen molar-refractivity contribution in [1.82, 2.24) is 20.0 Å². The molecule has 3 aromatic rings. The maximum Gasteiger partial charge on any atom is 0.415 e. The van der Waals surface area contributed by atoms with E-state index in [4.69, 9.17) is 21.1 Å². The van der Waals surface area contributed by atoms with Crippen molar-refractivity contribution in [3.63, 3.8) is 0 Å². The fourth-order valence-electron chi connectivity index (χ4n) is 5.73. The van der Waals surface area contributed by atoms with Crippen LogP contribution in [-0.4, -0.2) is 77.9 Å². The first kappa shape index (κ1) is 28.6. The quantitative estimate of drug-likeness (QED) is 0.404. The molecule has 2 saturated heterocycles. The Balaban J connectivity index is 1.31. The zero-order valence-corrected chi connectivity index (χ0v) is 24.1. The summed E-state index contributed by atoms with van der Waals surface area (Å²) >= 11 is 6.16. The van der Waals surface area contributed by atoms with Crippen LogP contribution in [0.15, 0.2) is 60.7 Å². The lowest BCUT2D eigenvalue weighted by atomic mass is 9.82. The van der Waals surface area contributed by atoms with Crippen molar-refractivity contribution in [3.05, 3.63) is 77.1 Å². The number of benzene rings is 2. The molecule has 0 spiro atoms. The summed E-state index contributed by atoms with van der Waals surface area (Å²) < 4.78 is 24.0. The summed E-state index contributed by atoms with van der Waals surface area (Å²) in [5.41, 5.74) is 0.210. The van der Waals surface area contributed by atoms with Gasteiger partial charge in [0, 0.05) is 56.2 Å². The number of halogens is 2. The van der Waals surface area contributed by atoms with E-state index in [9.17, 15) is 14.0 Å². The van der Waals surface area contributed by atoms with Crippen LogP contribution in [0.25, 0.3) is 0 Å². The Labute approximate surface area is 243 Å². The summed E-state index contributed by atoms with van der Waals surface area (Å²) in [6.45, 7) is 4.14. The van der Waals surface area contributed by atoms with Crippen LogP contribution >= 0.6 is 11.6 Å². The van der Waals surface area contributed by atoms with E-state index in [0.717, 1.165) is 11.4 Å². The SMILES string of the molecule is COc1ccc(N2CCC(C(=O)N3C[C@H](c4ccc(Cl)cc4)[C@@](C)(N(C)C(=O)Oc4ccc(F)cc4)C3)CC2)nn1. The molecule has 2 amide bonds. The second-order valence-electron chi connectivity index (χ2n) is 10.8. The molecule has 2 aliphatic heterocycles. The number of carbonyl (C=O) groups is 2. The van der Waals surface area contributed by atoms with Gasteiger partial charge in [-0.15, -0.1) is 10.2 Å². The molecule has 41 heavy (non-hydrogen) atoms. The molecule has 0 radical (unpaired) electrons. The van der Waals surface area contributed by atoms with Crippen molar-refractivity contribution in [1.29, 1.82) is 0 Å². The van der Waals surface area contributed by atoms with Crippen LogP contribution in [0.1, 0.15) is 31.2 Å². The molecular formula is C30H33ClFN5O4. The van der Waals surface area contributed by atoms with Gasteiger partial charge in [-0.3, -0.25) is 4.79 Å². The highest BCUT2D eigenvalue weighted by Crippen LogP contribution is 2.41. The average Bonchev–Trinajstić information content (AvgIpc) is 3.36. The minimum Gasteiger partial charge on any atom is -0.480 e. The molecule has 2 atom stereocenters. The fraction of sp³-hybridized carbons (Fsp3) is 0.400. The molecule has 2 aromatic carbocycles. The average molecular weight is 582 g/mol. The first-order chi connectivity index (χ1) is 19.7. The monoisotopic (exact) mass is 581 g/mol. The number of aromatic nitrogens is 2. The van der Waals surface area contributed by atoms with Gasteiger partial charge in [-0.05, 0) is 67.8 Å². The van der Waals surface area contributed by atoms with Crippen molar-refractivity contribution < 1.29 is 23.5 Å². The van der Waals surface area contributed by atoms with E-state index >= 15 is 0 Å². The summed E-state index contributed by atoms with van der Waals surface area (Å²) in [5, 5.41) is 8.90. The lowest BCUT2D eigenvalue weighted by Gasteiger charge is -2.39. The van der Waals surface area contributed by atoms with E-state index in [1.165, 1.54) is 24.3 Å². The minimum absolute atomic E-state index is 0.0773.